The Hall–Kier alpha value is -2.80. The van der Waals surface area contributed by atoms with Crippen LogP contribution in [-0.2, 0) is 4.79 Å². The van der Waals surface area contributed by atoms with Crippen molar-refractivity contribution in [1.29, 1.82) is 0 Å². The van der Waals surface area contributed by atoms with Crippen molar-refractivity contribution in [3.8, 4) is 22.8 Å². The summed E-state index contributed by atoms with van der Waals surface area (Å²) in [7, 11) is 3.15. The van der Waals surface area contributed by atoms with Gasteiger partial charge in [-0.25, -0.2) is 9.78 Å². The lowest BCUT2D eigenvalue weighted by Gasteiger charge is -2.09. The van der Waals surface area contributed by atoms with Gasteiger partial charge in [-0.2, -0.15) is 0 Å². The molecule has 7 heteroatoms. The molecule has 0 atom stereocenters. The number of hydrogen-bond donors (Lipinski definition) is 1. The summed E-state index contributed by atoms with van der Waals surface area (Å²) in [5.74, 6) is 0.216. The number of aliphatic carboxylic acids is 1. The Balaban J connectivity index is 2.22. The molecule has 0 amide bonds. The molecule has 2 heterocycles. The van der Waals surface area contributed by atoms with E-state index >= 15 is 0 Å². The van der Waals surface area contributed by atoms with Crippen molar-refractivity contribution in [3.05, 3.63) is 41.0 Å². The number of ether oxygens (including phenoxy) is 2. The Morgan fingerprint density at radius 3 is 2.71 bits per heavy atom. The zero-order valence-electron chi connectivity index (χ0n) is 13.4. The molecule has 0 spiro atoms. The molecule has 0 aliphatic heterocycles. The Kier molecular flexibility index (Phi) is 4.26. The number of carboxylic acids is 1. The fourth-order valence-electron chi connectivity index (χ4n) is 2.52. The van der Waals surface area contributed by atoms with Crippen molar-refractivity contribution in [3.63, 3.8) is 0 Å². The number of aryl methyl sites for hydroxylation is 1. The van der Waals surface area contributed by atoms with Crippen molar-refractivity contribution in [2.45, 2.75) is 6.92 Å². The first-order valence-corrected chi connectivity index (χ1v) is 8.03. The van der Waals surface area contributed by atoms with Crippen molar-refractivity contribution in [2.75, 3.05) is 14.2 Å². The number of carboxylic acid groups (broad SMARTS) is 1. The van der Waals surface area contributed by atoms with E-state index in [0.29, 0.717) is 17.2 Å². The van der Waals surface area contributed by atoms with E-state index in [1.54, 1.807) is 26.4 Å². The molecule has 0 aliphatic carbocycles. The van der Waals surface area contributed by atoms with Crippen LogP contribution < -0.4 is 9.47 Å². The third-order valence-electron chi connectivity index (χ3n) is 3.61. The average Bonchev–Trinajstić information content (AvgIpc) is 3.12. The van der Waals surface area contributed by atoms with Gasteiger partial charge in [0.15, 0.2) is 16.5 Å². The summed E-state index contributed by atoms with van der Waals surface area (Å²) in [5, 5.41) is 11.0. The van der Waals surface area contributed by atoms with Crippen LogP contribution in [-0.4, -0.2) is 34.7 Å². The molecule has 3 rings (SSSR count). The van der Waals surface area contributed by atoms with Gasteiger partial charge in [0.05, 0.1) is 25.6 Å². The Morgan fingerprint density at radius 1 is 1.29 bits per heavy atom. The molecular formula is C17H16N2O4S. The number of benzene rings is 1. The summed E-state index contributed by atoms with van der Waals surface area (Å²) in [6.45, 7) is 1.96. The molecule has 0 saturated carbocycles. The second-order valence-corrected chi connectivity index (χ2v) is 5.92. The number of carbonyl (C=O) groups is 1. The van der Waals surface area contributed by atoms with Gasteiger partial charge in [0.25, 0.3) is 0 Å². The first-order valence-electron chi connectivity index (χ1n) is 7.15. The highest BCUT2D eigenvalue weighted by Crippen LogP contribution is 2.35. The van der Waals surface area contributed by atoms with E-state index in [4.69, 9.17) is 14.6 Å². The normalized spacial score (nSPS) is 11.3. The van der Waals surface area contributed by atoms with Crippen molar-refractivity contribution < 1.29 is 19.4 Å². The number of fused-ring (bicyclic) bond motifs is 1. The summed E-state index contributed by atoms with van der Waals surface area (Å²) < 4.78 is 12.5. The number of imidazole rings is 1. The number of methoxy groups -OCH3 is 2. The molecule has 0 fully saturated rings. The van der Waals surface area contributed by atoms with Crippen LogP contribution in [0.25, 0.3) is 22.3 Å². The van der Waals surface area contributed by atoms with Gasteiger partial charge < -0.3 is 14.6 Å². The lowest BCUT2D eigenvalue weighted by Crippen LogP contribution is -1.93. The smallest absolute Gasteiger partial charge is 0.328 e. The maximum Gasteiger partial charge on any atom is 0.328 e. The summed E-state index contributed by atoms with van der Waals surface area (Å²) in [5.41, 5.74) is 3.24. The van der Waals surface area contributed by atoms with Crippen molar-refractivity contribution in [2.24, 2.45) is 0 Å². The molecule has 24 heavy (non-hydrogen) atoms. The third kappa shape index (κ3) is 2.74. The second kappa shape index (κ2) is 6.37. The molecule has 6 nitrogen and oxygen atoms in total. The fraction of sp³-hybridized carbons (Fsp3) is 0.176. The fourth-order valence-corrected chi connectivity index (χ4v) is 3.40. The number of aromatic nitrogens is 2. The number of rotatable bonds is 5. The summed E-state index contributed by atoms with van der Waals surface area (Å²) in [6.07, 6.45) is 2.68. The molecule has 0 aliphatic rings. The van der Waals surface area contributed by atoms with Gasteiger partial charge >= 0.3 is 5.97 Å². The molecular weight excluding hydrogens is 328 g/mol. The van der Waals surface area contributed by atoms with E-state index in [0.717, 1.165) is 28.0 Å². The third-order valence-corrected chi connectivity index (χ3v) is 4.55. The maximum absolute atomic E-state index is 10.9. The first kappa shape index (κ1) is 16.1. The highest BCUT2D eigenvalue weighted by Gasteiger charge is 2.17. The highest BCUT2D eigenvalue weighted by molar-refractivity contribution is 7.15. The van der Waals surface area contributed by atoms with Crippen molar-refractivity contribution >= 4 is 28.3 Å². The minimum atomic E-state index is -1.00. The quantitative estimate of drug-likeness (QED) is 0.717. The minimum Gasteiger partial charge on any atom is -0.493 e. The molecule has 0 radical (unpaired) electrons. The van der Waals surface area contributed by atoms with Crippen LogP contribution in [0, 0.1) is 6.92 Å². The van der Waals surface area contributed by atoms with Crippen LogP contribution >= 0.6 is 11.3 Å². The van der Waals surface area contributed by atoms with Gasteiger partial charge in [0.2, 0.25) is 0 Å². The maximum atomic E-state index is 10.9. The monoisotopic (exact) mass is 344 g/mol. The van der Waals surface area contributed by atoms with Gasteiger partial charge in [0, 0.05) is 22.7 Å². The molecule has 1 N–H and O–H groups in total. The number of hydrogen-bond acceptors (Lipinski definition) is 5. The lowest BCUT2D eigenvalue weighted by molar-refractivity contribution is -0.131. The van der Waals surface area contributed by atoms with E-state index in [2.05, 4.69) is 4.98 Å². The SMILES string of the molecule is COc1ccc(-c2nc3scc(C)n3c2/C=C/C(=O)O)cc1OC. The topological polar surface area (TPSA) is 73.1 Å². The standard InChI is InChI=1S/C17H16N2O4S/c1-10-9-24-17-18-16(12(19(10)17)5-7-15(20)21)11-4-6-13(22-2)14(8-11)23-3/h4-9H,1-3H3,(H,20,21)/b7-5+. The van der Waals surface area contributed by atoms with Gasteiger partial charge in [-0.15, -0.1) is 11.3 Å². The van der Waals surface area contributed by atoms with E-state index in [9.17, 15) is 4.79 Å². The molecule has 3 aromatic rings. The van der Waals surface area contributed by atoms with Crippen LogP contribution in [0.3, 0.4) is 0 Å². The van der Waals surface area contributed by atoms with Crippen molar-refractivity contribution in [1.82, 2.24) is 9.38 Å². The van der Waals surface area contributed by atoms with Gasteiger partial charge in [-0.3, -0.25) is 4.40 Å². The molecule has 124 valence electrons. The zero-order chi connectivity index (χ0) is 17.3. The van der Waals surface area contributed by atoms with E-state index < -0.39 is 5.97 Å². The minimum absolute atomic E-state index is 0.594. The Bertz CT molecular complexity index is 940. The van der Waals surface area contributed by atoms with Gasteiger partial charge in [0.1, 0.15) is 0 Å². The predicted octanol–water partition coefficient (Wildman–Crippen LogP) is 3.49. The highest BCUT2D eigenvalue weighted by atomic mass is 32.1. The summed E-state index contributed by atoms with van der Waals surface area (Å²) in [4.78, 5) is 16.4. The molecule has 2 aromatic heterocycles. The molecule has 0 unspecified atom stereocenters. The second-order valence-electron chi connectivity index (χ2n) is 5.08. The molecule has 1 aromatic carbocycles. The summed E-state index contributed by atoms with van der Waals surface area (Å²) in [6, 6.07) is 5.51. The van der Waals surface area contributed by atoms with E-state index in [1.807, 2.05) is 28.8 Å². The first-order chi connectivity index (χ1) is 11.5. The average molecular weight is 344 g/mol. The summed E-state index contributed by atoms with van der Waals surface area (Å²) >= 11 is 1.51. The Labute approximate surface area is 142 Å². The molecule has 0 saturated heterocycles. The number of nitrogens with zero attached hydrogens (tertiary/aromatic N) is 2. The van der Waals surface area contributed by atoms with E-state index in [-0.39, 0.29) is 0 Å². The van der Waals surface area contributed by atoms with Crippen LogP contribution in [0.15, 0.2) is 29.7 Å². The molecule has 0 bridgehead atoms. The lowest BCUT2D eigenvalue weighted by atomic mass is 10.1. The Morgan fingerprint density at radius 2 is 2.04 bits per heavy atom. The van der Waals surface area contributed by atoms with Gasteiger partial charge in [-0.05, 0) is 31.2 Å². The van der Waals surface area contributed by atoms with Crippen LogP contribution in [0.2, 0.25) is 0 Å². The van der Waals surface area contributed by atoms with Crippen LogP contribution in [0.1, 0.15) is 11.4 Å². The van der Waals surface area contributed by atoms with Gasteiger partial charge in [-0.1, -0.05) is 0 Å². The van der Waals surface area contributed by atoms with Crippen LogP contribution in [0.4, 0.5) is 0 Å². The van der Waals surface area contributed by atoms with Crippen LogP contribution in [0.5, 0.6) is 11.5 Å². The largest absolute Gasteiger partial charge is 0.493 e. The van der Waals surface area contributed by atoms with E-state index in [1.165, 1.54) is 11.3 Å². The predicted molar refractivity (Wildman–Crippen MR) is 93.0 cm³/mol. The number of thiazole rings is 1. The zero-order valence-corrected chi connectivity index (χ0v) is 14.3.